The zero-order chi connectivity index (χ0) is 21.2. The van der Waals surface area contributed by atoms with E-state index in [-0.39, 0.29) is 4.75 Å². The first-order valence-electron chi connectivity index (χ1n) is 11.1. The minimum atomic E-state index is -2.66. The Morgan fingerprint density at radius 3 is 1.71 bits per heavy atom. The molecular weight excluding hydrogens is 537 g/mol. The molecule has 162 valence electrons. The molecule has 0 bridgehead atoms. The van der Waals surface area contributed by atoms with E-state index in [1.54, 1.807) is 0 Å². The fraction of sp³-hybridized carbons (Fsp3) is 0.739. The molecule has 1 N–H and O–H groups in total. The summed E-state index contributed by atoms with van der Waals surface area (Å²) in [6, 6.07) is 8.83. The number of nitrogens with one attached hydrogen (secondary N) is 1. The van der Waals surface area contributed by atoms with Gasteiger partial charge in [-0.05, 0) is 0 Å². The third-order valence-corrected chi connectivity index (χ3v) is 24.8. The molecule has 0 fully saturated rings. The van der Waals surface area contributed by atoms with Gasteiger partial charge in [-0.3, -0.25) is 0 Å². The summed E-state index contributed by atoms with van der Waals surface area (Å²) in [6.45, 7) is 13.2. The number of hydrogen-bond donors (Lipinski definition) is 1. The first-order valence-corrected chi connectivity index (χ1v) is 20.8. The fourth-order valence-corrected chi connectivity index (χ4v) is 24.4. The van der Waals surface area contributed by atoms with Gasteiger partial charge in [-0.2, -0.15) is 0 Å². The summed E-state index contributed by atoms with van der Waals surface area (Å²) in [7, 11) is -1.05. The monoisotopic (exact) mass is 579 g/mol. The van der Waals surface area contributed by atoms with Crippen LogP contribution in [0, 0.1) is 0 Å². The number of benzene rings is 1. The molecule has 1 aromatic carbocycles. The van der Waals surface area contributed by atoms with Crippen molar-refractivity contribution in [1.29, 1.82) is 0 Å². The second kappa shape index (κ2) is 13.1. The molecule has 0 aliphatic carbocycles. The standard InChI is InChI=1S/C11H15BrNOS.3C4H9.Sn/c1-11(2,3)15(14)13-8-9-4-6-10(12)7-5-9;3*1-3-4-2;/h4-8,13H,1-3H3;3*1,3-4H2,2H3;. The second-order valence-electron chi connectivity index (χ2n) is 9.16. The van der Waals surface area contributed by atoms with Crippen LogP contribution in [0.4, 0.5) is 0 Å². The maximum atomic E-state index is 13.2. The summed E-state index contributed by atoms with van der Waals surface area (Å²) in [5, 5.41) is 0. The van der Waals surface area contributed by atoms with E-state index in [9.17, 15) is 4.21 Å². The molecule has 1 aromatic rings. The third kappa shape index (κ3) is 8.39. The summed E-state index contributed by atoms with van der Waals surface area (Å²) >= 11 is 0.932. The molecule has 0 aromatic heterocycles. The number of rotatable bonds is 13. The first kappa shape index (κ1) is 26.6. The summed E-state index contributed by atoms with van der Waals surface area (Å²) < 4.78 is 22.3. The van der Waals surface area contributed by atoms with E-state index in [1.807, 2.05) is 0 Å². The van der Waals surface area contributed by atoms with Crippen LogP contribution in [-0.4, -0.2) is 27.3 Å². The predicted molar refractivity (Wildman–Crippen MR) is 133 cm³/mol. The van der Waals surface area contributed by atoms with Gasteiger partial charge >= 0.3 is 191 Å². The van der Waals surface area contributed by atoms with E-state index in [2.05, 4.69) is 86.5 Å². The summed E-state index contributed by atoms with van der Waals surface area (Å²) in [5.41, 5.74) is 1.36. The third-order valence-electron chi connectivity index (χ3n) is 5.68. The van der Waals surface area contributed by atoms with Crippen molar-refractivity contribution in [2.24, 2.45) is 0 Å². The van der Waals surface area contributed by atoms with E-state index in [1.165, 1.54) is 57.4 Å². The Kier molecular flexibility index (Phi) is 12.5. The number of halogens is 1. The maximum absolute atomic E-state index is 13.2. The van der Waals surface area contributed by atoms with Gasteiger partial charge in [0.05, 0.1) is 0 Å². The van der Waals surface area contributed by atoms with E-state index in [4.69, 9.17) is 0 Å². The Hall–Kier alpha value is 0.609. The van der Waals surface area contributed by atoms with Crippen LogP contribution < -0.4 is 4.72 Å². The summed E-state index contributed by atoms with van der Waals surface area (Å²) in [6.07, 6.45) is 7.73. The van der Waals surface area contributed by atoms with E-state index >= 15 is 0 Å². The van der Waals surface area contributed by atoms with Gasteiger partial charge in [-0.1, -0.05) is 0 Å². The van der Waals surface area contributed by atoms with Crippen LogP contribution >= 0.6 is 15.9 Å². The fourth-order valence-electron chi connectivity index (χ4n) is 3.88. The van der Waals surface area contributed by atoms with Gasteiger partial charge in [0.1, 0.15) is 0 Å². The topological polar surface area (TPSA) is 29.1 Å². The van der Waals surface area contributed by atoms with Gasteiger partial charge in [-0.25, -0.2) is 0 Å². The zero-order valence-electron chi connectivity index (χ0n) is 18.9. The van der Waals surface area contributed by atoms with Crippen LogP contribution in [0.5, 0.6) is 0 Å². The van der Waals surface area contributed by atoms with E-state index < -0.39 is 29.4 Å². The Balaban J connectivity index is 3.43. The van der Waals surface area contributed by atoms with Crippen molar-refractivity contribution in [2.45, 2.75) is 102 Å². The molecular formula is C23H42BrNOSSn. The van der Waals surface area contributed by atoms with Crippen LogP contribution in [0.15, 0.2) is 28.7 Å². The van der Waals surface area contributed by atoms with Crippen molar-refractivity contribution in [2.75, 3.05) is 0 Å². The molecule has 0 radical (unpaired) electrons. The molecule has 0 heterocycles. The van der Waals surface area contributed by atoms with Gasteiger partial charge in [-0.15, -0.1) is 0 Å². The van der Waals surface area contributed by atoms with Crippen molar-refractivity contribution in [3.8, 4) is 0 Å². The van der Waals surface area contributed by atoms with Crippen molar-refractivity contribution in [3.63, 3.8) is 0 Å². The Bertz CT molecular complexity index is 563. The summed E-state index contributed by atoms with van der Waals surface area (Å²) in [5.74, 6) is 0. The molecule has 0 saturated carbocycles. The molecule has 1 rings (SSSR count). The van der Waals surface area contributed by atoms with Crippen LogP contribution in [0.1, 0.15) is 89.7 Å². The van der Waals surface area contributed by atoms with Gasteiger partial charge < -0.3 is 0 Å². The minimum absolute atomic E-state index is 0.245. The first-order chi connectivity index (χ1) is 13.2. The van der Waals surface area contributed by atoms with Crippen molar-refractivity contribution >= 4 is 45.3 Å². The summed E-state index contributed by atoms with van der Waals surface area (Å²) in [4.78, 5) is 0. The molecule has 0 aliphatic heterocycles. The average molecular weight is 579 g/mol. The molecule has 0 amide bonds. The number of hydrogen-bond acceptors (Lipinski definition) is 1. The SMILES string of the molecule is CCC[CH2][Sn]([CH2]CCC)([CH2]CCC)[C@@H](NS(=O)C(C)(C)C)c1ccc(Br)cc1. The van der Waals surface area contributed by atoms with E-state index in [0.717, 1.165) is 4.47 Å². The van der Waals surface area contributed by atoms with Crippen molar-refractivity contribution < 1.29 is 4.21 Å². The quantitative estimate of drug-likeness (QED) is 0.237. The Morgan fingerprint density at radius 1 is 0.929 bits per heavy atom. The van der Waals surface area contributed by atoms with Crippen LogP contribution in [0.2, 0.25) is 13.3 Å². The van der Waals surface area contributed by atoms with Crippen LogP contribution in [0.3, 0.4) is 0 Å². The van der Waals surface area contributed by atoms with Gasteiger partial charge in [0.15, 0.2) is 0 Å². The molecule has 0 aliphatic rings. The van der Waals surface area contributed by atoms with Crippen LogP contribution in [-0.2, 0) is 11.0 Å². The molecule has 28 heavy (non-hydrogen) atoms. The average Bonchev–Trinajstić information content (AvgIpc) is 2.66. The second-order valence-corrected chi connectivity index (χ2v) is 25.8. The van der Waals surface area contributed by atoms with Gasteiger partial charge in [0.2, 0.25) is 0 Å². The van der Waals surface area contributed by atoms with Crippen molar-refractivity contribution in [3.05, 3.63) is 34.3 Å². The normalized spacial score (nSPS) is 14.8. The Morgan fingerprint density at radius 2 is 1.36 bits per heavy atom. The van der Waals surface area contributed by atoms with E-state index in [0.29, 0.717) is 4.06 Å². The Labute approximate surface area is 189 Å². The molecule has 0 spiro atoms. The van der Waals surface area contributed by atoms with Crippen LogP contribution in [0.25, 0.3) is 0 Å². The van der Waals surface area contributed by atoms with Gasteiger partial charge in [0.25, 0.3) is 0 Å². The molecule has 5 heteroatoms. The van der Waals surface area contributed by atoms with Crippen molar-refractivity contribution in [1.82, 2.24) is 4.72 Å². The zero-order valence-corrected chi connectivity index (χ0v) is 24.2. The number of unbranched alkanes of at least 4 members (excludes halogenated alkanes) is 3. The molecule has 2 atom stereocenters. The molecule has 0 saturated heterocycles. The predicted octanol–water partition coefficient (Wildman–Crippen LogP) is 7.93. The van der Waals surface area contributed by atoms with Gasteiger partial charge in [0, 0.05) is 0 Å². The molecule has 1 unspecified atom stereocenters. The molecule has 2 nitrogen and oxygen atoms in total.